The minimum atomic E-state index is -0.425. The summed E-state index contributed by atoms with van der Waals surface area (Å²) in [6.07, 6.45) is 0.595. The van der Waals surface area contributed by atoms with Crippen LogP contribution >= 0.6 is 11.3 Å². The average Bonchev–Trinajstić information content (AvgIpc) is 2.73. The Morgan fingerprint density at radius 2 is 2.10 bits per heavy atom. The van der Waals surface area contributed by atoms with Gasteiger partial charge in [0.05, 0.1) is 5.69 Å². The van der Waals surface area contributed by atoms with Gasteiger partial charge < -0.3 is 10.2 Å². The first kappa shape index (κ1) is 14.0. The van der Waals surface area contributed by atoms with Crippen molar-refractivity contribution in [2.45, 2.75) is 33.2 Å². The lowest BCUT2D eigenvalue weighted by molar-refractivity contribution is -0.120. The van der Waals surface area contributed by atoms with Crippen LogP contribution in [0.25, 0.3) is 10.2 Å². The molecule has 1 aliphatic rings. The third-order valence-electron chi connectivity index (χ3n) is 3.91. The number of nitrogens with one attached hydrogen (secondary N) is 1. The summed E-state index contributed by atoms with van der Waals surface area (Å²) >= 11 is 1.35. The predicted octanol–water partition coefficient (Wildman–Crippen LogP) is 2.72. The predicted molar refractivity (Wildman–Crippen MR) is 83.9 cm³/mol. The second-order valence-electron chi connectivity index (χ2n) is 5.40. The zero-order valence-electron chi connectivity index (χ0n) is 12.5. The van der Waals surface area contributed by atoms with Crippen molar-refractivity contribution in [3.63, 3.8) is 0 Å². The third-order valence-corrected chi connectivity index (χ3v) is 4.98. The van der Waals surface area contributed by atoms with Crippen LogP contribution in [0.4, 0.5) is 5.69 Å². The number of hydrogen-bond donors (Lipinski definition) is 1. The number of rotatable bonds is 1. The quantitative estimate of drug-likeness (QED) is 0.881. The number of nitrogens with zero attached hydrogens (tertiary/aromatic N) is 2. The number of aromatic nitrogens is 1. The van der Waals surface area contributed by atoms with Gasteiger partial charge in [0.1, 0.15) is 15.7 Å². The van der Waals surface area contributed by atoms with Crippen LogP contribution in [0.5, 0.6) is 0 Å². The third kappa shape index (κ3) is 2.01. The van der Waals surface area contributed by atoms with Crippen LogP contribution in [0.15, 0.2) is 6.07 Å². The molecule has 3 rings (SSSR count). The maximum Gasteiger partial charge on any atom is 0.266 e. The summed E-state index contributed by atoms with van der Waals surface area (Å²) in [6, 6.07) is 1.54. The fraction of sp³-hybridized carbons (Fsp3) is 0.400. The van der Waals surface area contributed by atoms with E-state index in [1.54, 1.807) is 7.05 Å². The molecule has 2 amide bonds. The number of likely N-dealkylation sites (N-methyl/N-ethyl adjacent to an activating group) is 1. The van der Waals surface area contributed by atoms with Crippen molar-refractivity contribution in [2.24, 2.45) is 0 Å². The Morgan fingerprint density at radius 1 is 1.38 bits per heavy atom. The number of pyridine rings is 1. The zero-order valence-corrected chi connectivity index (χ0v) is 13.3. The van der Waals surface area contributed by atoms with E-state index in [-0.39, 0.29) is 11.8 Å². The minimum absolute atomic E-state index is 0.116. The zero-order chi connectivity index (χ0) is 15.3. The minimum Gasteiger partial charge on any atom is -0.329 e. The highest BCUT2D eigenvalue weighted by Crippen LogP contribution is 2.39. The molecule has 1 N–H and O–H groups in total. The highest BCUT2D eigenvalue weighted by molar-refractivity contribution is 7.21. The molecule has 0 saturated carbocycles. The molecule has 0 saturated heterocycles. The second-order valence-corrected chi connectivity index (χ2v) is 6.40. The van der Waals surface area contributed by atoms with Crippen LogP contribution in [0.1, 0.15) is 34.3 Å². The normalized spacial score (nSPS) is 18.7. The molecule has 0 unspecified atom stereocenters. The Bertz CT molecular complexity index is 766. The molecule has 6 heteroatoms. The standard InChI is InChI=1S/C15H17N3O2S/c1-5-9-13(19)17-11-10-7(2)6-8(3)16-14(10)21-12(11)15(20)18(9)4/h6,9H,5H2,1-4H3,(H,17,19)/t9-/m1/s1. The van der Waals surface area contributed by atoms with Crippen LogP contribution in [0, 0.1) is 13.8 Å². The van der Waals surface area contributed by atoms with E-state index in [1.807, 2.05) is 26.8 Å². The Balaban J connectivity index is 2.28. The first-order chi connectivity index (χ1) is 9.93. The molecule has 2 aromatic heterocycles. The summed E-state index contributed by atoms with van der Waals surface area (Å²) in [5.74, 6) is -0.248. The molecule has 2 aromatic rings. The molecule has 0 fully saturated rings. The van der Waals surface area contributed by atoms with Crippen LogP contribution in [0.2, 0.25) is 0 Å². The molecule has 3 heterocycles. The van der Waals surface area contributed by atoms with E-state index < -0.39 is 6.04 Å². The molecule has 0 aliphatic carbocycles. The molecule has 0 radical (unpaired) electrons. The number of fused-ring (bicyclic) bond motifs is 3. The molecule has 1 aliphatic heterocycles. The van der Waals surface area contributed by atoms with Crippen molar-refractivity contribution < 1.29 is 9.59 Å². The molecule has 0 spiro atoms. The monoisotopic (exact) mass is 303 g/mol. The van der Waals surface area contributed by atoms with Gasteiger partial charge in [0.25, 0.3) is 5.91 Å². The van der Waals surface area contributed by atoms with Crippen molar-refractivity contribution in [1.82, 2.24) is 9.88 Å². The lowest BCUT2D eigenvalue weighted by Gasteiger charge is -2.22. The van der Waals surface area contributed by atoms with Crippen molar-refractivity contribution in [1.29, 1.82) is 0 Å². The van der Waals surface area contributed by atoms with Gasteiger partial charge in [0, 0.05) is 18.1 Å². The van der Waals surface area contributed by atoms with E-state index in [2.05, 4.69) is 10.3 Å². The lowest BCUT2D eigenvalue weighted by atomic mass is 10.1. The fourth-order valence-electron chi connectivity index (χ4n) is 2.85. The molecule has 5 nitrogen and oxygen atoms in total. The number of aryl methyl sites for hydroxylation is 2. The summed E-state index contributed by atoms with van der Waals surface area (Å²) in [5.41, 5.74) is 2.56. The molecule has 1 atom stereocenters. The van der Waals surface area contributed by atoms with Crippen molar-refractivity contribution in [3.05, 3.63) is 22.2 Å². The lowest BCUT2D eigenvalue weighted by Crippen LogP contribution is -2.42. The Hall–Kier alpha value is -1.95. The van der Waals surface area contributed by atoms with E-state index in [0.29, 0.717) is 17.0 Å². The van der Waals surface area contributed by atoms with Gasteiger partial charge in [-0.1, -0.05) is 6.92 Å². The largest absolute Gasteiger partial charge is 0.329 e. The van der Waals surface area contributed by atoms with Crippen molar-refractivity contribution in [3.8, 4) is 0 Å². The molecule has 110 valence electrons. The average molecular weight is 303 g/mol. The van der Waals surface area contributed by atoms with Gasteiger partial charge in [0.2, 0.25) is 5.91 Å². The second kappa shape index (κ2) is 4.80. The molecule has 0 bridgehead atoms. The van der Waals surface area contributed by atoms with Crippen molar-refractivity contribution >= 4 is 39.1 Å². The topological polar surface area (TPSA) is 62.3 Å². The molecular weight excluding hydrogens is 286 g/mol. The maximum atomic E-state index is 12.6. The van der Waals surface area contributed by atoms with E-state index in [9.17, 15) is 9.59 Å². The van der Waals surface area contributed by atoms with Gasteiger partial charge in [-0.25, -0.2) is 4.98 Å². The summed E-state index contributed by atoms with van der Waals surface area (Å²) in [7, 11) is 1.68. The Kier molecular flexibility index (Phi) is 3.20. The van der Waals surface area contributed by atoms with Gasteiger partial charge in [-0.2, -0.15) is 0 Å². The number of thiophene rings is 1. The van der Waals surface area contributed by atoms with E-state index in [0.717, 1.165) is 21.5 Å². The van der Waals surface area contributed by atoms with Gasteiger partial charge in [0.15, 0.2) is 0 Å². The molecule has 21 heavy (non-hydrogen) atoms. The number of carbonyl (C=O) groups is 2. The van der Waals surface area contributed by atoms with E-state index in [4.69, 9.17) is 0 Å². The Morgan fingerprint density at radius 3 is 2.76 bits per heavy atom. The first-order valence-electron chi connectivity index (χ1n) is 6.92. The summed E-state index contributed by atoms with van der Waals surface area (Å²) in [4.78, 5) is 32.4. The van der Waals surface area contributed by atoms with Gasteiger partial charge >= 0.3 is 0 Å². The summed E-state index contributed by atoms with van der Waals surface area (Å²) in [5, 5.41) is 3.82. The van der Waals surface area contributed by atoms with Crippen LogP contribution < -0.4 is 5.32 Å². The van der Waals surface area contributed by atoms with Gasteiger partial charge in [-0.05, 0) is 31.9 Å². The summed E-state index contributed by atoms with van der Waals surface area (Å²) in [6.45, 7) is 5.81. The van der Waals surface area contributed by atoms with E-state index >= 15 is 0 Å². The van der Waals surface area contributed by atoms with Gasteiger partial charge in [-0.15, -0.1) is 11.3 Å². The fourth-order valence-corrected chi connectivity index (χ4v) is 4.09. The number of hydrogen-bond acceptors (Lipinski definition) is 4. The smallest absolute Gasteiger partial charge is 0.266 e. The van der Waals surface area contributed by atoms with Gasteiger partial charge in [-0.3, -0.25) is 9.59 Å². The number of carbonyl (C=O) groups excluding carboxylic acids is 2. The molecule has 0 aromatic carbocycles. The SMILES string of the molecule is CC[C@@H]1C(=O)Nc2c(sc3nc(C)cc(C)c23)C(=O)N1C. The number of anilines is 1. The van der Waals surface area contributed by atoms with E-state index in [1.165, 1.54) is 16.2 Å². The highest BCUT2D eigenvalue weighted by atomic mass is 32.1. The highest BCUT2D eigenvalue weighted by Gasteiger charge is 2.34. The number of amides is 2. The van der Waals surface area contributed by atoms with Crippen LogP contribution in [-0.4, -0.2) is 34.8 Å². The summed E-state index contributed by atoms with van der Waals surface area (Å²) < 4.78 is 0. The van der Waals surface area contributed by atoms with Crippen LogP contribution in [-0.2, 0) is 4.79 Å². The molecular formula is C15H17N3O2S. The Labute approximate surface area is 127 Å². The first-order valence-corrected chi connectivity index (χ1v) is 7.74. The maximum absolute atomic E-state index is 12.6. The van der Waals surface area contributed by atoms with Crippen molar-refractivity contribution in [2.75, 3.05) is 12.4 Å². The van der Waals surface area contributed by atoms with Crippen LogP contribution in [0.3, 0.4) is 0 Å².